The first kappa shape index (κ1) is 21.4. The van der Waals surface area contributed by atoms with Crippen LogP contribution in [-0.4, -0.2) is 11.8 Å². The Hall–Kier alpha value is -1.65. The molecule has 0 spiro atoms. The highest BCUT2D eigenvalue weighted by Crippen LogP contribution is 2.39. The van der Waals surface area contributed by atoms with Gasteiger partial charge in [-0.1, -0.05) is 34.6 Å². The van der Waals surface area contributed by atoms with Crippen LogP contribution >= 0.6 is 0 Å². The topological polar surface area (TPSA) is 65.0 Å². The van der Waals surface area contributed by atoms with Gasteiger partial charge in [-0.25, -0.2) is 4.79 Å². The molecule has 0 amide bonds. The van der Waals surface area contributed by atoms with Gasteiger partial charge in [0.15, 0.2) is 5.76 Å². The van der Waals surface area contributed by atoms with Gasteiger partial charge in [0.2, 0.25) is 0 Å². The van der Waals surface area contributed by atoms with E-state index >= 15 is 0 Å². The number of carbonyl (C=O) groups excluding carboxylic acids is 1. The van der Waals surface area contributed by atoms with E-state index in [1.807, 2.05) is 6.08 Å². The van der Waals surface area contributed by atoms with E-state index in [9.17, 15) is 9.70 Å². The highest BCUT2D eigenvalue weighted by Gasteiger charge is 2.31. The molecule has 5 heteroatoms. The Morgan fingerprint density at radius 3 is 2.28 bits per heavy atom. The minimum atomic E-state index is -0.818. The number of nitrogens with zero attached hydrogens (tertiary/aromatic N) is 1. The molecule has 0 saturated heterocycles. The van der Waals surface area contributed by atoms with Gasteiger partial charge in [0.25, 0.3) is 0 Å². The van der Waals surface area contributed by atoms with E-state index in [-0.39, 0.29) is 22.8 Å². The normalized spacial score (nSPS) is 19.8. The molecule has 142 valence electrons. The Labute approximate surface area is 151 Å². The van der Waals surface area contributed by atoms with Gasteiger partial charge in [0, 0.05) is 0 Å². The van der Waals surface area contributed by atoms with Gasteiger partial charge >= 0.3 is 6.16 Å². The lowest BCUT2D eigenvalue weighted by Crippen LogP contribution is -2.27. The van der Waals surface area contributed by atoms with Crippen molar-refractivity contribution in [2.24, 2.45) is 28.3 Å². The van der Waals surface area contributed by atoms with Crippen molar-refractivity contribution in [3.8, 4) is 0 Å². The van der Waals surface area contributed by atoms with Gasteiger partial charge in [-0.3, -0.25) is 0 Å². The van der Waals surface area contributed by atoms with Crippen molar-refractivity contribution in [1.82, 2.24) is 0 Å². The Balaban J connectivity index is 2.90. The number of allylic oxidation sites excluding steroid dienone is 2. The Morgan fingerprint density at radius 1 is 1.24 bits per heavy atom. The van der Waals surface area contributed by atoms with Crippen LogP contribution < -0.4 is 0 Å². The van der Waals surface area contributed by atoms with Gasteiger partial charge in [0.05, 0.1) is 0 Å². The third kappa shape index (κ3) is 7.41. The SMILES string of the molecule is CC(C)C(CC(C)(C)C)C1C=C(N=O)C(OC(=O)OC(C)(C)C)=CC1. The maximum absolute atomic E-state index is 11.8. The van der Waals surface area contributed by atoms with Crippen LogP contribution in [0.25, 0.3) is 0 Å². The molecule has 0 N–H and O–H groups in total. The molecule has 0 radical (unpaired) electrons. The molecule has 2 atom stereocenters. The Morgan fingerprint density at radius 2 is 1.84 bits per heavy atom. The highest BCUT2D eigenvalue weighted by molar-refractivity contribution is 5.63. The summed E-state index contributed by atoms with van der Waals surface area (Å²) < 4.78 is 10.3. The van der Waals surface area contributed by atoms with Crippen molar-refractivity contribution in [1.29, 1.82) is 0 Å². The maximum atomic E-state index is 11.8. The van der Waals surface area contributed by atoms with Crippen LogP contribution in [0.5, 0.6) is 0 Å². The number of carbonyl (C=O) groups is 1. The van der Waals surface area contributed by atoms with Crippen LogP contribution in [0.4, 0.5) is 4.79 Å². The van der Waals surface area contributed by atoms with E-state index in [0.29, 0.717) is 11.8 Å². The zero-order valence-corrected chi connectivity index (χ0v) is 16.9. The van der Waals surface area contributed by atoms with Crippen LogP contribution in [0.15, 0.2) is 28.8 Å². The van der Waals surface area contributed by atoms with Crippen LogP contribution in [0.2, 0.25) is 0 Å². The Kier molecular flexibility index (Phi) is 6.98. The van der Waals surface area contributed by atoms with Crippen molar-refractivity contribution in [3.05, 3.63) is 28.5 Å². The molecule has 0 aromatic carbocycles. The Bertz CT molecular complexity index is 547. The molecule has 1 aliphatic carbocycles. The summed E-state index contributed by atoms with van der Waals surface area (Å²) in [6, 6.07) is 0. The standard InChI is InChI=1S/C20H33NO4/c1-13(2)15(12-19(3,4)5)14-9-10-17(16(11-14)21-23)24-18(22)25-20(6,7)8/h10-11,13-15H,9,12H2,1-8H3. The number of nitroso groups, excluding NO2 is 1. The van der Waals surface area contributed by atoms with Gasteiger partial charge in [-0.2, -0.15) is 0 Å². The second kappa shape index (κ2) is 8.15. The van der Waals surface area contributed by atoms with E-state index in [1.165, 1.54) is 0 Å². The zero-order valence-electron chi connectivity index (χ0n) is 16.9. The first-order valence-electron chi connectivity index (χ1n) is 8.99. The summed E-state index contributed by atoms with van der Waals surface area (Å²) in [6.45, 7) is 16.3. The van der Waals surface area contributed by atoms with E-state index in [4.69, 9.17) is 9.47 Å². The third-order valence-corrected chi connectivity index (χ3v) is 4.14. The molecule has 2 unspecified atom stereocenters. The second-order valence-corrected chi connectivity index (χ2v) is 9.35. The summed E-state index contributed by atoms with van der Waals surface area (Å²) in [7, 11) is 0. The molecule has 0 heterocycles. The largest absolute Gasteiger partial charge is 0.514 e. The zero-order chi connectivity index (χ0) is 19.4. The molecule has 0 saturated carbocycles. The van der Waals surface area contributed by atoms with Crippen molar-refractivity contribution < 1.29 is 14.3 Å². The fraction of sp³-hybridized carbons (Fsp3) is 0.750. The predicted molar refractivity (Wildman–Crippen MR) is 99.8 cm³/mol. The van der Waals surface area contributed by atoms with Gasteiger partial charge < -0.3 is 9.47 Å². The van der Waals surface area contributed by atoms with Gasteiger partial charge in [-0.15, -0.1) is 4.91 Å². The lowest BCUT2D eigenvalue weighted by molar-refractivity contribution is 0.00690. The van der Waals surface area contributed by atoms with Crippen LogP contribution in [0, 0.1) is 28.1 Å². The first-order valence-corrected chi connectivity index (χ1v) is 8.99. The number of hydrogen-bond acceptors (Lipinski definition) is 5. The summed E-state index contributed by atoms with van der Waals surface area (Å²) >= 11 is 0. The lowest BCUT2D eigenvalue weighted by Gasteiger charge is -2.34. The molecule has 0 fully saturated rings. The highest BCUT2D eigenvalue weighted by atomic mass is 16.7. The smallest absolute Gasteiger partial charge is 0.428 e. The summed E-state index contributed by atoms with van der Waals surface area (Å²) in [6.07, 6.45) is 4.58. The minimum Gasteiger partial charge on any atom is -0.428 e. The lowest BCUT2D eigenvalue weighted by atomic mass is 9.71. The maximum Gasteiger partial charge on any atom is 0.514 e. The second-order valence-electron chi connectivity index (χ2n) is 9.35. The summed E-state index contributed by atoms with van der Waals surface area (Å²) in [5.41, 5.74) is -0.265. The van der Waals surface area contributed by atoms with Gasteiger partial charge in [-0.05, 0) is 74.1 Å². The summed E-state index contributed by atoms with van der Waals surface area (Å²) in [5, 5.41) is 3.08. The molecule has 0 aliphatic heterocycles. The molecule has 0 bridgehead atoms. The number of ether oxygens (including phenoxy) is 2. The molecule has 0 aromatic rings. The van der Waals surface area contributed by atoms with Crippen LogP contribution in [0.3, 0.4) is 0 Å². The van der Waals surface area contributed by atoms with E-state index in [1.54, 1.807) is 26.8 Å². The minimum absolute atomic E-state index is 0.182. The third-order valence-electron chi connectivity index (χ3n) is 4.14. The average Bonchev–Trinajstić information content (AvgIpc) is 2.42. The first-order chi connectivity index (χ1) is 11.3. The number of hydrogen-bond donors (Lipinski definition) is 0. The molecule has 1 rings (SSSR count). The molecule has 1 aliphatic rings. The number of rotatable bonds is 5. The average molecular weight is 351 g/mol. The van der Waals surface area contributed by atoms with Crippen LogP contribution in [0.1, 0.15) is 68.2 Å². The predicted octanol–water partition coefficient (Wildman–Crippen LogP) is 6.20. The fourth-order valence-electron chi connectivity index (χ4n) is 3.12. The monoisotopic (exact) mass is 351 g/mol. The van der Waals surface area contributed by atoms with Crippen molar-refractivity contribution in [3.63, 3.8) is 0 Å². The molecular formula is C20H33NO4. The fourth-order valence-corrected chi connectivity index (χ4v) is 3.12. The molecule has 25 heavy (non-hydrogen) atoms. The van der Waals surface area contributed by atoms with E-state index in [2.05, 4.69) is 39.8 Å². The van der Waals surface area contributed by atoms with Crippen LogP contribution in [-0.2, 0) is 9.47 Å². The quantitative estimate of drug-likeness (QED) is 0.437. The van der Waals surface area contributed by atoms with Gasteiger partial charge in [0.1, 0.15) is 11.3 Å². The van der Waals surface area contributed by atoms with E-state index < -0.39 is 11.8 Å². The molecule has 5 nitrogen and oxygen atoms in total. The summed E-state index contributed by atoms with van der Waals surface area (Å²) in [4.78, 5) is 23.1. The van der Waals surface area contributed by atoms with Crippen molar-refractivity contribution in [2.75, 3.05) is 0 Å². The van der Waals surface area contributed by atoms with Crippen molar-refractivity contribution >= 4 is 6.16 Å². The summed E-state index contributed by atoms with van der Waals surface area (Å²) in [5.74, 6) is 1.31. The van der Waals surface area contributed by atoms with Crippen molar-refractivity contribution in [2.45, 2.75) is 73.8 Å². The van der Waals surface area contributed by atoms with E-state index in [0.717, 1.165) is 12.8 Å². The molecule has 0 aromatic heterocycles. The molecular weight excluding hydrogens is 318 g/mol.